The van der Waals surface area contributed by atoms with Gasteiger partial charge in [-0.3, -0.25) is 4.99 Å². The van der Waals surface area contributed by atoms with E-state index in [0.717, 1.165) is 24.8 Å². The van der Waals surface area contributed by atoms with Crippen LogP contribution < -0.4 is 15.4 Å². The molecule has 0 unspecified atom stereocenters. The molecule has 0 heterocycles. The summed E-state index contributed by atoms with van der Waals surface area (Å²) in [6, 6.07) is 0. The van der Waals surface area contributed by atoms with E-state index in [-0.39, 0.29) is 0 Å². The van der Waals surface area contributed by atoms with Gasteiger partial charge >= 0.3 is 0 Å². The molecule has 130 valence electrons. The van der Waals surface area contributed by atoms with Gasteiger partial charge in [-0.25, -0.2) is 13.1 Å². The average Bonchev–Trinajstić information content (AvgIpc) is 2.36. The Morgan fingerprint density at radius 2 is 1.91 bits per heavy atom. The molecule has 6 nitrogen and oxygen atoms in total. The Kier molecular flexibility index (Phi) is 7.62. The van der Waals surface area contributed by atoms with Crippen LogP contribution in [0, 0.1) is 11.3 Å². The van der Waals surface area contributed by atoms with Gasteiger partial charge in [0.2, 0.25) is 10.0 Å². The lowest BCUT2D eigenvalue weighted by molar-refractivity contribution is 0.104. The fourth-order valence-corrected chi connectivity index (χ4v) is 3.56. The molecule has 1 rings (SSSR count). The van der Waals surface area contributed by atoms with Crippen molar-refractivity contribution in [3.63, 3.8) is 0 Å². The molecule has 1 aliphatic rings. The molecule has 0 aliphatic heterocycles. The Balaban J connectivity index is 2.25. The summed E-state index contributed by atoms with van der Waals surface area (Å²) in [5.74, 6) is 1.52. The van der Waals surface area contributed by atoms with Crippen LogP contribution in [0.5, 0.6) is 0 Å². The SMILES string of the molecule is CN=C(NCCCNS(C)(=O)=O)NCC1(CC(C)C)CCC1. The van der Waals surface area contributed by atoms with Gasteiger partial charge in [0.05, 0.1) is 6.26 Å². The van der Waals surface area contributed by atoms with E-state index in [2.05, 4.69) is 34.2 Å². The fourth-order valence-electron chi connectivity index (χ4n) is 3.04. The Hall–Kier alpha value is -0.820. The van der Waals surface area contributed by atoms with Crippen molar-refractivity contribution in [3.8, 4) is 0 Å². The zero-order chi connectivity index (χ0) is 16.6. The van der Waals surface area contributed by atoms with Gasteiger partial charge in [0.25, 0.3) is 0 Å². The Bertz CT molecular complexity index is 456. The first-order valence-corrected chi connectivity index (χ1v) is 10.0. The minimum Gasteiger partial charge on any atom is -0.356 e. The molecule has 0 bridgehead atoms. The number of aliphatic imine (C=N–C) groups is 1. The van der Waals surface area contributed by atoms with Crippen LogP contribution in [0.25, 0.3) is 0 Å². The minimum atomic E-state index is -3.09. The van der Waals surface area contributed by atoms with Gasteiger partial charge in [0.15, 0.2) is 5.96 Å². The molecule has 0 saturated heterocycles. The Morgan fingerprint density at radius 3 is 2.36 bits per heavy atom. The normalized spacial score (nSPS) is 18.1. The molecule has 0 aromatic heterocycles. The van der Waals surface area contributed by atoms with Crippen molar-refractivity contribution in [2.75, 3.05) is 32.9 Å². The van der Waals surface area contributed by atoms with Gasteiger partial charge in [-0.2, -0.15) is 0 Å². The standard InChI is InChI=1S/C15H32N4O2S/c1-13(2)11-15(7-5-8-15)12-18-14(16-3)17-9-6-10-19-22(4,20)21/h13,19H,5-12H2,1-4H3,(H2,16,17,18). The van der Waals surface area contributed by atoms with Gasteiger partial charge < -0.3 is 10.6 Å². The average molecular weight is 333 g/mol. The van der Waals surface area contributed by atoms with Crippen LogP contribution in [-0.4, -0.2) is 47.3 Å². The van der Waals surface area contributed by atoms with E-state index in [4.69, 9.17) is 0 Å². The number of hydrogen-bond acceptors (Lipinski definition) is 3. The van der Waals surface area contributed by atoms with Gasteiger partial charge in [-0.05, 0) is 37.0 Å². The summed E-state index contributed by atoms with van der Waals surface area (Å²) in [6.07, 6.45) is 7.09. The maximum Gasteiger partial charge on any atom is 0.208 e. The summed E-state index contributed by atoms with van der Waals surface area (Å²) in [5, 5.41) is 6.66. The Labute approximate surface area is 135 Å². The van der Waals surface area contributed by atoms with Crippen LogP contribution in [0.15, 0.2) is 4.99 Å². The molecule has 0 atom stereocenters. The summed E-state index contributed by atoms with van der Waals surface area (Å²) in [4.78, 5) is 4.23. The quantitative estimate of drug-likeness (QED) is 0.338. The predicted octanol–water partition coefficient (Wildman–Crippen LogP) is 1.31. The first-order valence-electron chi connectivity index (χ1n) is 8.15. The highest BCUT2D eigenvalue weighted by atomic mass is 32.2. The first-order chi connectivity index (χ1) is 10.3. The van der Waals surface area contributed by atoms with Crippen LogP contribution in [0.1, 0.15) is 46.0 Å². The molecule has 0 aromatic carbocycles. The summed E-state index contributed by atoms with van der Waals surface area (Å²) in [5.41, 5.74) is 0.434. The summed E-state index contributed by atoms with van der Waals surface area (Å²) >= 11 is 0. The lowest BCUT2D eigenvalue weighted by atomic mass is 9.64. The second-order valence-electron chi connectivity index (χ2n) is 6.82. The largest absolute Gasteiger partial charge is 0.356 e. The molecule has 3 N–H and O–H groups in total. The molecular weight excluding hydrogens is 300 g/mol. The maximum atomic E-state index is 11.0. The molecule has 0 radical (unpaired) electrons. The minimum absolute atomic E-state index is 0.434. The van der Waals surface area contributed by atoms with Crippen molar-refractivity contribution < 1.29 is 8.42 Å². The van der Waals surface area contributed by atoms with Gasteiger partial charge in [0, 0.05) is 26.7 Å². The number of sulfonamides is 1. The van der Waals surface area contributed by atoms with Crippen molar-refractivity contribution in [1.29, 1.82) is 0 Å². The molecule has 7 heteroatoms. The zero-order valence-electron chi connectivity index (χ0n) is 14.4. The summed E-state index contributed by atoms with van der Waals surface area (Å²) in [6.45, 7) is 6.66. The number of guanidine groups is 1. The van der Waals surface area contributed by atoms with Crippen molar-refractivity contribution in [2.45, 2.75) is 46.0 Å². The van der Waals surface area contributed by atoms with E-state index in [1.807, 2.05) is 0 Å². The molecule has 0 spiro atoms. The van der Waals surface area contributed by atoms with Crippen molar-refractivity contribution in [1.82, 2.24) is 15.4 Å². The molecule has 1 aliphatic carbocycles. The van der Waals surface area contributed by atoms with E-state index in [9.17, 15) is 8.42 Å². The van der Waals surface area contributed by atoms with E-state index >= 15 is 0 Å². The predicted molar refractivity (Wildman–Crippen MR) is 92.6 cm³/mol. The van der Waals surface area contributed by atoms with Crippen LogP contribution in [0.4, 0.5) is 0 Å². The van der Waals surface area contributed by atoms with Crippen molar-refractivity contribution in [2.24, 2.45) is 16.3 Å². The monoisotopic (exact) mass is 332 g/mol. The first kappa shape index (κ1) is 19.2. The lowest BCUT2D eigenvalue weighted by Crippen LogP contribution is -2.47. The summed E-state index contributed by atoms with van der Waals surface area (Å²) < 4.78 is 24.4. The summed E-state index contributed by atoms with van der Waals surface area (Å²) in [7, 11) is -1.33. The number of hydrogen-bond donors (Lipinski definition) is 3. The smallest absolute Gasteiger partial charge is 0.208 e. The topological polar surface area (TPSA) is 82.6 Å². The van der Waals surface area contributed by atoms with E-state index in [1.54, 1.807) is 7.05 Å². The van der Waals surface area contributed by atoms with Gasteiger partial charge in [-0.1, -0.05) is 20.3 Å². The fraction of sp³-hybridized carbons (Fsp3) is 0.933. The van der Waals surface area contributed by atoms with E-state index < -0.39 is 10.0 Å². The van der Waals surface area contributed by atoms with Crippen molar-refractivity contribution in [3.05, 3.63) is 0 Å². The number of nitrogens with zero attached hydrogens (tertiary/aromatic N) is 1. The molecule has 0 aromatic rings. The number of nitrogens with one attached hydrogen (secondary N) is 3. The van der Waals surface area contributed by atoms with Crippen molar-refractivity contribution >= 4 is 16.0 Å². The van der Waals surface area contributed by atoms with Crippen LogP contribution in [-0.2, 0) is 10.0 Å². The zero-order valence-corrected chi connectivity index (χ0v) is 15.2. The molecular formula is C15H32N4O2S. The van der Waals surface area contributed by atoms with E-state index in [0.29, 0.717) is 18.5 Å². The Morgan fingerprint density at radius 1 is 1.23 bits per heavy atom. The third kappa shape index (κ3) is 7.45. The van der Waals surface area contributed by atoms with Crippen LogP contribution >= 0.6 is 0 Å². The second kappa shape index (κ2) is 8.72. The number of rotatable bonds is 9. The van der Waals surface area contributed by atoms with Crippen LogP contribution in [0.2, 0.25) is 0 Å². The maximum absolute atomic E-state index is 11.0. The highest BCUT2D eigenvalue weighted by molar-refractivity contribution is 7.88. The highest BCUT2D eigenvalue weighted by Gasteiger charge is 2.37. The molecule has 1 fully saturated rings. The lowest BCUT2D eigenvalue weighted by Gasteiger charge is -2.43. The third-order valence-electron chi connectivity index (χ3n) is 4.12. The van der Waals surface area contributed by atoms with Gasteiger partial charge in [0.1, 0.15) is 0 Å². The third-order valence-corrected chi connectivity index (χ3v) is 4.85. The molecule has 1 saturated carbocycles. The van der Waals surface area contributed by atoms with Gasteiger partial charge in [-0.15, -0.1) is 0 Å². The molecule has 22 heavy (non-hydrogen) atoms. The molecule has 0 amide bonds. The highest BCUT2D eigenvalue weighted by Crippen LogP contribution is 2.45. The van der Waals surface area contributed by atoms with E-state index in [1.165, 1.54) is 31.9 Å². The van der Waals surface area contributed by atoms with Crippen LogP contribution in [0.3, 0.4) is 0 Å². The second-order valence-corrected chi connectivity index (χ2v) is 8.66.